The first-order chi connectivity index (χ1) is 9.08. The van der Waals surface area contributed by atoms with Crippen LogP contribution in [0.4, 0.5) is 14.5 Å². The summed E-state index contributed by atoms with van der Waals surface area (Å²) < 4.78 is 26.1. The number of nitrogens with one attached hydrogen (secondary N) is 1. The van der Waals surface area contributed by atoms with Crippen LogP contribution in [-0.4, -0.2) is 11.7 Å². The Morgan fingerprint density at radius 1 is 1.11 bits per heavy atom. The number of aliphatic hydroxyl groups is 1. The van der Waals surface area contributed by atoms with Gasteiger partial charge in [0.25, 0.3) is 0 Å². The standard InChI is InChI=1S/C15H15F2NO/c1-10-13(17)3-2-4-14(10)18-9-15(19)11-5-7-12(16)8-6-11/h2-8,15,18-19H,9H2,1H3. The molecule has 0 aliphatic heterocycles. The molecule has 100 valence electrons. The number of hydrogen-bond acceptors (Lipinski definition) is 2. The number of anilines is 1. The quantitative estimate of drug-likeness (QED) is 0.886. The summed E-state index contributed by atoms with van der Waals surface area (Å²) in [5.74, 6) is -0.633. The minimum atomic E-state index is -0.775. The Balaban J connectivity index is 2.02. The monoisotopic (exact) mass is 263 g/mol. The molecular formula is C15H15F2NO. The first kappa shape index (κ1) is 13.5. The highest BCUT2D eigenvalue weighted by atomic mass is 19.1. The molecule has 19 heavy (non-hydrogen) atoms. The lowest BCUT2D eigenvalue weighted by Crippen LogP contribution is -2.13. The van der Waals surface area contributed by atoms with Crippen molar-refractivity contribution in [2.24, 2.45) is 0 Å². The van der Waals surface area contributed by atoms with Crippen LogP contribution in [0.5, 0.6) is 0 Å². The molecule has 0 aliphatic carbocycles. The van der Waals surface area contributed by atoms with E-state index in [9.17, 15) is 13.9 Å². The van der Waals surface area contributed by atoms with Crippen LogP contribution in [-0.2, 0) is 0 Å². The molecule has 2 aromatic carbocycles. The van der Waals surface area contributed by atoms with Crippen LogP contribution in [0.2, 0.25) is 0 Å². The molecule has 0 fully saturated rings. The summed E-state index contributed by atoms with van der Waals surface area (Å²) in [4.78, 5) is 0. The van der Waals surface area contributed by atoms with E-state index >= 15 is 0 Å². The molecule has 2 N–H and O–H groups in total. The maximum atomic E-state index is 13.3. The zero-order valence-corrected chi connectivity index (χ0v) is 10.5. The van der Waals surface area contributed by atoms with E-state index in [1.54, 1.807) is 19.1 Å². The Labute approximate surface area is 110 Å². The van der Waals surface area contributed by atoms with Gasteiger partial charge < -0.3 is 10.4 Å². The van der Waals surface area contributed by atoms with E-state index in [1.807, 2.05) is 0 Å². The minimum absolute atomic E-state index is 0.232. The van der Waals surface area contributed by atoms with E-state index in [1.165, 1.54) is 30.3 Å². The van der Waals surface area contributed by atoms with Crippen molar-refractivity contribution in [3.63, 3.8) is 0 Å². The largest absolute Gasteiger partial charge is 0.387 e. The van der Waals surface area contributed by atoms with Crippen molar-refractivity contribution in [3.05, 3.63) is 65.2 Å². The Bertz CT molecular complexity index is 555. The van der Waals surface area contributed by atoms with E-state index in [-0.39, 0.29) is 18.2 Å². The zero-order valence-electron chi connectivity index (χ0n) is 10.5. The fourth-order valence-electron chi connectivity index (χ4n) is 1.81. The van der Waals surface area contributed by atoms with Crippen LogP contribution >= 0.6 is 0 Å². The number of rotatable bonds is 4. The van der Waals surface area contributed by atoms with Crippen LogP contribution in [0.3, 0.4) is 0 Å². The number of benzene rings is 2. The summed E-state index contributed by atoms with van der Waals surface area (Å²) in [6.45, 7) is 1.90. The Hall–Kier alpha value is -1.94. The topological polar surface area (TPSA) is 32.3 Å². The molecule has 1 atom stereocenters. The molecule has 0 amide bonds. The highest BCUT2D eigenvalue weighted by Gasteiger charge is 2.09. The van der Waals surface area contributed by atoms with Crippen LogP contribution in [0, 0.1) is 18.6 Å². The molecule has 0 bridgehead atoms. The van der Waals surface area contributed by atoms with Gasteiger partial charge in [0.2, 0.25) is 0 Å². The molecular weight excluding hydrogens is 248 g/mol. The lowest BCUT2D eigenvalue weighted by Gasteiger charge is -2.15. The van der Waals surface area contributed by atoms with Crippen molar-refractivity contribution in [3.8, 4) is 0 Å². The third kappa shape index (κ3) is 3.29. The fourth-order valence-corrected chi connectivity index (χ4v) is 1.81. The normalized spacial score (nSPS) is 12.2. The average molecular weight is 263 g/mol. The predicted molar refractivity (Wildman–Crippen MR) is 71.0 cm³/mol. The highest BCUT2D eigenvalue weighted by Crippen LogP contribution is 2.19. The van der Waals surface area contributed by atoms with E-state index in [0.29, 0.717) is 16.8 Å². The van der Waals surface area contributed by atoms with E-state index in [2.05, 4.69) is 5.32 Å². The highest BCUT2D eigenvalue weighted by molar-refractivity contribution is 5.51. The molecule has 0 saturated heterocycles. The molecule has 0 aliphatic rings. The SMILES string of the molecule is Cc1c(F)cccc1NCC(O)c1ccc(F)cc1. The molecule has 2 rings (SSSR count). The van der Waals surface area contributed by atoms with Crippen LogP contribution in [0.15, 0.2) is 42.5 Å². The van der Waals surface area contributed by atoms with E-state index in [4.69, 9.17) is 0 Å². The lowest BCUT2D eigenvalue weighted by atomic mass is 10.1. The summed E-state index contributed by atoms with van der Waals surface area (Å²) in [5, 5.41) is 12.9. The van der Waals surface area contributed by atoms with Crippen LogP contribution in [0.1, 0.15) is 17.2 Å². The fraction of sp³-hybridized carbons (Fsp3) is 0.200. The molecule has 0 radical (unpaired) electrons. The molecule has 2 aromatic rings. The van der Waals surface area contributed by atoms with Gasteiger partial charge in [0.15, 0.2) is 0 Å². The van der Waals surface area contributed by atoms with Crippen molar-refractivity contribution >= 4 is 5.69 Å². The van der Waals surface area contributed by atoms with Crippen molar-refractivity contribution in [2.75, 3.05) is 11.9 Å². The molecule has 0 heterocycles. The summed E-state index contributed by atoms with van der Waals surface area (Å²) in [6, 6.07) is 10.4. The molecule has 1 unspecified atom stereocenters. The smallest absolute Gasteiger partial charge is 0.128 e. The third-order valence-corrected chi connectivity index (χ3v) is 3.01. The second-order valence-corrected chi connectivity index (χ2v) is 4.36. The van der Waals surface area contributed by atoms with Gasteiger partial charge in [-0.1, -0.05) is 18.2 Å². The van der Waals surface area contributed by atoms with Gasteiger partial charge in [0.05, 0.1) is 6.10 Å². The maximum Gasteiger partial charge on any atom is 0.128 e. The Morgan fingerprint density at radius 3 is 2.47 bits per heavy atom. The second-order valence-electron chi connectivity index (χ2n) is 4.36. The van der Waals surface area contributed by atoms with Gasteiger partial charge in [-0.15, -0.1) is 0 Å². The summed E-state index contributed by atoms with van der Waals surface area (Å²) in [6.07, 6.45) is -0.775. The summed E-state index contributed by atoms with van der Waals surface area (Å²) in [5.41, 5.74) is 1.76. The number of aliphatic hydroxyl groups excluding tert-OH is 1. The molecule has 0 aromatic heterocycles. The third-order valence-electron chi connectivity index (χ3n) is 3.01. The van der Waals surface area contributed by atoms with Gasteiger partial charge in [0.1, 0.15) is 11.6 Å². The van der Waals surface area contributed by atoms with Gasteiger partial charge >= 0.3 is 0 Å². The molecule has 0 saturated carbocycles. The zero-order chi connectivity index (χ0) is 13.8. The van der Waals surface area contributed by atoms with Crippen LogP contribution < -0.4 is 5.32 Å². The maximum absolute atomic E-state index is 13.3. The van der Waals surface area contributed by atoms with Crippen molar-refractivity contribution in [2.45, 2.75) is 13.0 Å². The van der Waals surface area contributed by atoms with Gasteiger partial charge in [0, 0.05) is 17.8 Å². The lowest BCUT2D eigenvalue weighted by molar-refractivity contribution is 0.191. The average Bonchev–Trinajstić information content (AvgIpc) is 2.41. The van der Waals surface area contributed by atoms with Crippen LogP contribution in [0.25, 0.3) is 0 Å². The summed E-state index contributed by atoms with van der Waals surface area (Å²) >= 11 is 0. The Morgan fingerprint density at radius 2 is 1.79 bits per heavy atom. The van der Waals surface area contributed by atoms with E-state index < -0.39 is 6.10 Å². The van der Waals surface area contributed by atoms with Crippen molar-refractivity contribution in [1.29, 1.82) is 0 Å². The minimum Gasteiger partial charge on any atom is -0.387 e. The molecule has 0 spiro atoms. The molecule has 2 nitrogen and oxygen atoms in total. The van der Waals surface area contributed by atoms with Crippen molar-refractivity contribution < 1.29 is 13.9 Å². The Kier molecular flexibility index (Phi) is 4.12. The second kappa shape index (κ2) is 5.80. The van der Waals surface area contributed by atoms with E-state index in [0.717, 1.165) is 0 Å². The van der Waals surface area contributed by atoms with Crippen molar-refractivity contribution in [1.82, 2.24) is 0 Å². The first-order valence-corrected chi connectivity index (χ1v) is 6.00. The predicted octanol–water partition coefficient (Wildman–Crippen LogP) is 3.42. The van der Waals surface area contributed by atoms with Gasteiger partial charge in [-0.25, -0.2) is 8.78 Å². The molecule has 4 heteroatoms. The summed E-state index contributed by atoms with van der Waals surface area (Å²) in [7, 11) is 0. The number of hydrogen-bond donors (Lipinski definition) is 2. The van der Waals surface area contributed by atoms with Gasteiger partial charge in [-0.05, 0) is 36.8 Å². The first-order valence-electron chi connectivity index (χ1n) is 6.00. The van der Waals surface area contributed by atoms with Gasteiger partial charge in [-0.3, -0.25) is 0 Å². The van der Waals surface area contributed by atoms with Gasteiger partial charge in [-0.2, -0.15) is 0 Å². The number of halogens is 2.